The van der Waals surface area contributed by atoms with E-state index < -0.39 is 0 Å². The minimum absolute atomic E-state index is 0.0958. The highest BCUT2D eigenvalue weighted by Crippen LogP contribution is 2.21. The number of aryl methyl sites for hydroxylation is 5. The van der Waals surface area contributed by atoms with Gasteiger partial charge in [-0.3, -0.25) is 4.79 Å². The summed E-state index contributed by atoms with van der Waals surface area (Å²) in [7, 11) is 1.68. The summed E-state index contributed by atoms with van der Waals surface area (Å²) in [5.41, 5.74) is 5.42. The van der Waals surface area contributed by atoms with E-state index >= 15 is 0 Å². The highest BCUT2D eigenvalue weighted by molar-refractivity contribution is 7.99. The Hall–Kier alpha value is -2.80. The fourth-order valence-corrected chi connectivity index (χ4v) is 3.79. The van der Waals surface area contributed by atoms with Gasteiger partial charge in [-0.05, 0) is 62.4 Å². The van der Waals surface area contributed by atoms with E-state index in [4.69, 9.17) is 9.15 Å². The average molecular weight is 426 g/mol. The number of carbonyl (C=O) groups is 1. The molecule has 0 bridgehead atoms. The highest BCUT2D eigenvalue weighted by Gasteiger charge is 2.11. The Morgan fingerprint density at radius 1 is 1.07 bits per heavy atom. The van der Waals surface area contributed by atoms with Crippen LogP contribution in [-0.2, 0) is 17.6 Å². The molecular weight excluding hydrogens is 398 g/mol. The van der Waals surface area contributed by atoms with Gasteiger partial charge in [-0.15, -0.1) is 10.2 Å². The summed E-state index contributed by atoms with van der Waals surface area (Å²) in [6.07, 6.45) is 2.53. The number of nitrogens with zero attached hydrogens (tertiary/aromatic N) is 2. The summed E-state index contributed by atoms with van der Waals surface area (Å²) in [6.45, 7) is 6.05. The quantitative estimate of drug-likeness (QED) is 0.491. The van der Waals surface area contributed by atoms with Crippen molar-refractivity contribution in [3.63, 3.8) is 0 Å². The van der Waals surface area contributed by atoms with Gasteiger partial charge in [-0.1, -0.05) is 41.6 Å². The van der Waals surface area contributed by atoms with Crippen LogP contribution in [0.2, 0.25) is 0 Å². The summed E-state index contributed by atoms with van der Waals surface area (Å²) >= 11 is 1.25. The van der Waals surface area contributed by atoms with E-state index in [1.54, 1.807) is 7.11 Å². The first-order valence-electron chi connectivity index (χ1n) is 9.90. The molecule has 0 saturated heterocycles. The molecule has 158 valence electrons. The summed E-state index contributed by atoms with van der Waals surface area (Å²) in [5, 5.41) is 11.5. The lowest BCUT2D eigenvalue weighted by molar-refractivity contribution is -0.113. The summed E-state index contributed by atoms with van der Waals surface area (Å²) in [5.74, 6) is 1.62. The van der Waals surface area contributed by atoms with Crippen molar-refractivity contribution >= 4 is 23.4 Å². The minimum Gasteiger partial charge on any atom is -0.496 e. The maximum Gasteiger partial charge on any atom is 0.277 e. The predicted molar refractivity (Wildman–Crippen MR) is 119 cm³/mol. The zero-order valence-corrected chi connectivity index (χ0v) is 18.6. The molecule has 1 amide bonds. The first-order chi connectivity index (χ1) is 14.4. The van der Waals surface area contributed by atoms with Crippen LogP contribution in [0, 0.1) is 20.8 Å². The third-order valence-corrected chi connectivity index (χ3v) is 5.56. The molecule has 0 saturated carbocycles. The predicted octanol–water partition coefficient (Wildman–Crippen LogP) is 4.91. The topological polar surface area (TPSA) is 77.2 Å². The number of rotatable bonds is 9. The van der Waals surface area contributed by atoms with E-state index in [1.165, 1.54) is 22.9 Å². The van der Waals surface area contributed by atoms with Crippen molar-refractivity contribution in [1.82, 2.24) is 10.2 Å². The SMILES string of the molecule is COc1ccc(CCCc2nnc(SCC(=O)Nc3ccc(C)cc3C)o2)cc1C. The maximum atomic E-state index is 12.2. The van der Waals surface area contributed by atoms with Crippen LogP contribution in [0.5, 0.6) is 5.75 Å². The second-order valence-electron chi connectivity index (χ2n) is 7.27. The number of ether oxygens (including phenoxy) is 1. The van der Waals surface area contributed by atoms with Crippen LogP contribution >= 0.6 is 11.8 Å². The lowest BCUT2D eigenvalue weighted by Crippen LogP contribution is -2.14. The van der Waals surface area contributed by atoms with Gasteiger partial charge in [-0.25, -0.2) is 0 Å². The number of carbonyl (C=O) groups excluding carboxylic acids is 1. The Morgan fingerprint density at radius 3 is 2.63 bits per heavy atom. The van der Waals surface area contributed by atoms with E-state index in [0.29, 0.717) is 17.5 Å². The first kappa shape index (κ1) is 21.9. The molecule has 7 heteroatoms. The van der Waals surface area contributed by atoms with Gasteiger partial charge in [0, 0.05) is 12.1 Å². The van der Waals surface area contributed by atoms with Crippen molar-refractivity contribution in [3.8, 4) is 5.75 Å². The number of hydrogen-bond acceptors (Lipinski definition) is 6. The van der Waals surface area contributed by atoms with Gasteiger partial charge in [-0.2, -0.15) is 0 Å². The molecule has 0 unspecified atom stereocenters. The zero-order valence-electron chi connectivity index (χ0n) is 17.8. The molecule has 0 aliphatic heterocycles. The third-order valence-electron chi connectivity index (χ3n) is 4.75. The van der Waals surface area contributed by atoms with Crippen LogP contribution in [0.4, 0.5) is 5.69 Å². The van der Waals surface area contributed by atoms with Crippen molar-refractivity contribution in [2.75, 3.05) is 18.2 Å². The highest BCUT2D eigenvalue weighted by atomic mass is 32.2. The van der Waals surface area contributed by atoms with E-state index in [-0.39, 0.29) is 11.7 Å². The van der Waals surface area contributed by atoms with Crippen molar-refractivity contribution in [1.29, 1.82) is 0 Å². The normalized spacial score (nSPS) is 10.8. The van der Waals surface area contributed by atoms with E-state index in [0.717, 1.165) is 35.4 Å². The molecule has 0 aliphatic rings. The van der Waals surface area contributed by atoms with Crippen LogP contribution < -0.4 is 10.1 Å². The van der Waals surface area contributed by atoms with Gasteiger partial charge in [0.1, 0.15) is 5.75 Å². The lowest BCUT2D eigenvalue weighted by atomic mass is 10.1. The third kappa shape index (κ3) is 6.10. The van der Waals surface area contributed by atoms with Crippen LogP contribution in [0.15, 0.2) is 46.0 Å². The molecule has 1 aromatic heterocycles. The fraction of sp³-hybridized carbons (Fsp3) is 0.348. The number of anilines is 1. The summed E-state index contributed by atoms with van der Waals surface area (Å²) in [4.78, 5) is 12.2. The average Bonchev–Trinajstić information content (AvgIpc) is 3.16. The molecular formula is C23H27N3O3S. The maximum absolute atomic E-state index is 12.2. The Kier molecular flexibility index (Phi) is 7.52. The number of hydrogen-bond donors (Lipinski definition) is 1. The number of amides is 1. The largest absolute Gasteiger partial charge is 0.496 e. The number of nitrogens with one attached hydrogen (secondary N) is 1. The molecule has 0 atom stereocenters. The summed E-state index contributed by atoms with van der Waals surface area (Å²) in [6, 6.07) is 12.2. The van der Waals surface area contributed by atoms with E-state index in [2.05, 4.69) is 27.6 Å². The van der Waals surface area contributed by atoms with Crippen molar-refractivity contribution < 1.29 is 13.9 Å². The molecule has 30 heavy (non-hydrogen) atoms. The molecule has 3 rings (SSSR count). The molecule has 0 fully saturated rings. The van der Waals surface area contributed by atoms with Crippen LogP contribution in [0.25, 0.3) is 0 Å². The number of methoxy groups -OCH3 is 1. The van der Waals surface area contributed by atoms with Crippen LogP contribution in [-0.4, -0.2) is 29.0 Å². The minimum atomic E-state index is -0.0958. The van der Waals surface area contributed by atoms with Gasteiger partial charge < -0.3 is 14.5 Å². The second-order valence-corrected chi connectivity index (χ2v) is 8.20. The van der Waals surface area contributed by atoms with Gasteiger partial charge >= 0.3 is 0 Å². The number of thioether (sulfide) groups is 1. The lowest BCUT2D eigenvalue weighted by Gasteiger charge is -2.08. The number of aromatic nitrogens is 2. The van der Waals surface area contributed by atoms with E-state index in [1.807, 2.05) is 45.0 Å². The Labute approximate surface area is 181 Å². The Morgan fingerprint density at radius 2 is 1.90 bits per heavy atom. The van der Waals surface area contributed by atoms with Gasteiger partial charge in [0.05, 0.1) is 12.9 Å². The zero-order chi connectivity index (χ0) is 21.5. The fourth-order valence-electron chi connectivity index (χ4n) is 3.20. The van der Waals surface area contributed by atoms with Crippen molar-refractivity contribution in [3.05, 3.63) is 64.5 Å². The smallest absolute Gasteiger partial charge is 0.277 e. The molecule has 1 heterocycles. The van der Waals surface area contributed by atoms with Crippen LogP contribution in [0.1, 0.15) is 34.6 Å². The molecule has 3 aromatic rings. The standard InChI is InChI=1S/C23H27N3O3S/c1-15-8-10-19(16(2)12-15)24-21(27)14-30-23-26-25-22(29-23)7-5-6-18-9-11-20(28-4)17(3)13-18/h8-13H,5-7,14H2,1-4H3,(H,24,27). The Balaban J connectivity index is 1.43. The van der Waals surface area contributed by atoms with Gasteiger partial charge in [0.2, 0.25) is 11.8 Å². The van der Waals surface area contributed by atoms with Crippen LogP contribution in [0.3, 0.4) is 0 Å². The van der Waals surface area contributed by atoms with Crippen molar-refractivity contribution in [2.45, 2.75) is 45.3 Å². The molecule has 0 radical (unpaired) electrons. The molecule has 1 N–H and O–H groups in total. The summed E-state index contributed by atoms with van der Waals surface area (Å²) < 4.78 is 11.0. The molecule has 0 aliphatic carbocycles. The van der Waals surface area contributed by atoms with Gasteiger partial charge in [0.15, 0.2) is 0 Å². The van der Waals surface area contributed by atoms with Crippen molar-refractivity contribution in [2.24, 2.45) is 0 Å². The van der Waals surface area contributed by atoms with Gasteiger partial charge in [0.25, 0.3) is 5.22 Å². The first-order valence-corrected chi connectivity index (χ1v) is 10.9. The second kappa shape index (κ2) is 10.3. The number of benzene rings is 2. The molecule has 2 aromatic carbocycles. The monoisotopic (exact) mass is 425 g/mol. The van der Waals surface area contributed by atoms with E-state index in [9.17, 15) is 4.79 Å². The Bertz CT molecular complexity index is 1020. The molecule has 6 nitrogen and oxygen atoms in total. The molecule has 0 spiro atoms.